The van der Waals surface area contributed by atoms with E-state index in [-0.39, 0.29) is 43.6 Å². The molecule has 0 bridgehead atoms. The van der Waals surface area contributed by atoms with Crippen molar-refractivity contribution in [2.45, 2.75) is 10.9 Å². The Morgan fingerprint density at radius 1 is 1.26 bits per heavy atom. The first-order valence-corrected chi connectivity index (χ1v) is 8.59. The minimum absolute atomic E-state index is 0.0368. The maximum absolute atomic E-state index is 12.9. The van der Waals surface area contributed by atoms with Crippen LogP contribution in [0.3, 0.4) is 0 Å². The molecular formula is C14H20FN3O4S. The van der Waals surface area contributed by atoms with E-state index in [9.17, 15) is 17.6 Å². The van der Waals surface area contributed by atoms with Gasteiger partial charge in [-0.15, -0.1) is 0 Å². The van der Waals surface area contributed by atoms with Gasteiger partial charge in [-0.3, -0.25) is 4.79 Å². The molecule has 1 atom stereocenters. The van der Waals surface area contributed by atoms with Crippen LogP contribution in [0.5, 0.6) is 0 Å². The number of benzene rings is 1. The van der Waals surface area contributed by atoms with Crippen LogP contribution in [0.4, 0.5) is 4.39 Å². The van der Waals surface area contributed by atoms with Gasteiger partial charge in [-0.25, -0.2) is 12.8 Å². The predicted octanol–water partition coefficient (Wildman–Crippen LogP) is -0.368. The first-order valence-electron chi connectivity index (χ1n) is 7.15. The van der Waals surface area contributed by atoms with Gasteiger partial charge in [0, 0.05) is 33.3 Å². The predicted molar refractivity (Wildman–Crippen MR) is 81.6 cm³/mol. The van der Waals surface area contributed by atoms with Crippen molar-refractivity contribution in [3.8, 4) is 0 Å². The van der Waals surface area contributed by atoms with E-state index in [1.54, 1.807) is 0 Å². The van der Waals surface area contributed by atoms with Crippen molar-refractivity contribution in [2.24, 2.45) is 5.73 Å². The third-order valence-electron chi connectivity index (χ3n) is 3.67. The van der Waals surface area contributed by atoms with Crippen LogP contribution in [-0.2, 0) is 19.6 Å². The third kappa shape index (κ3) is 4.05. The number of nitrogens with two attached hydrogens (primary N) is 1. The molecule has 128 valence electrons. The highest BCUT2D eigenvalue weighted by molar-refractivity contribution is 7.89. The van der Waals surface area contributed by atoms with Crippen LogP contribution in [0.15, 0.2) is 29.2 Å². The van der Waals surface area contributed by atoms with Gasteiger partial charge >= 0.3 is 0 Å². The zero-order chi connectivity index (χ0) is 17.0. The second kappa shape index (κ2) is 7.35. The number of hydrogen-bond acceptors (Lipinski definition) is 5. The van der Waals surface area contributed by atoms with Crippen LogP contribution < -0.4 is 5.73 Å². The fourth-order valence-electron chi connectivity index (χ4n) is 2.39. The van der Waals surface area contributed by atoms with E-state index in [4.69, 9.17) is 10.5 Å². The van der Waals surface area contributed by atoms with Crippen molar-refractivity contribution >= 4 is 15.9 Å². The summed E-state index contributed by atoms with van der Waals surface area (Å²) in [5.74, 6) is -0.753. The number of rotatable bonds is 5. The number of piperazine rings is 1. The van der Waals surface area contributed by atoms with Crippen molar-refractivity contribution in [3.05, 3.63) is 30.1 Å². The summed E-state index contributed by atoms with van der Waals surface area (Å²) in [4.78, 5) is 13.6. The average molecular weight is 345 g/mol. The SMILES string of the molecule is COCC(N)C(=O)N1CCN(S(=O)(=O)c2ccc(F)cc2)CC1. The largest absolute Gasteiger partial charge is 0.383 e. The Labute approximate surface area is 134 Å². The monoisotopic (exact) mass is 345 g/mol. The van der Waals surface area contributed by atoms with Gasteiger partial charge in [0.1, 0.15) is 11.9 Å². The Balaban J connectivity index is 2.01. The number of nitrogens with zero attached hydrogens (tertiary/aromatic N) is 2. The van der Waals surface area contributed by atoms with Crippen LogP contribution in [-0.4, -0.2) is 69.5 Å². The molecule has 1 aromatic carbocycles. The molecule has 1 amide bonds. The first kappa shape index (κ1) is 17.8. The van der Waals surface area contributed by atoms with E-state index in [2.05, 4.69) is 0 Å². The van der Waals surface area contributed by atoms with Crippen LogP contribution in [0, 0.1) is 5.82 Å². The zero-order valence-corrected chi connectivity index (χ0v) is 13.6. The summed E-state index contributed by atoms with van der Waals surface area (Å²) >= 11 is 0. The number of hydrogen-bond donors (Lipinski definition) is 1. The number of carbonyl (C=O) groups is 1. The maximum atomic E-state index is 12.9. The molecule has 1 heterocycles. The Bertz CT molecular complexity index is 642. The first-order chi connectivity index (χ1) is 10.9. The van der Waals surface area contributed by atoms with E-state index in [0.717, 1.165) is 12.1 Å². The standard InChI is InChI=1S/C14H20FN3O4S/c1-22-10-13(16)14(19)17-6-8-18(9-7-17)23(20,21)12-4-2-11(15)3-5-12/h2-5,13H,6-10,16H2,1H3. The Kier molecular flexibility index (Phi) is 5.69. The molecule has 1 unspecified atom stereocenters. The van der Waals surface area contributed by atoms with Gasteiger partial charge < -0.3 is 15.4 Å². The number of halogens is 1. The number of sulfonamides is 1. The zero-order valence-electron chi connectivity index (χ0n) is 12.8. The molecule has 1 aliphatic rings. The van der Waals surface area contributed by atoms with Gasteiger partial charge in [0.05, 0.1) is 11.5 Å². The van der Waals surface area contributed by atoms with Gasteiger partial charge in [-0.1, -0.05) is 0 Å². The molecule has 1 saturated heterocycles. The van der Waals surface area contributed by atoms with E-state index >= 15 is 0 Å². The van der Waals surface area contributed by atoms with Crippen molar-refractivity contribution in [1.29, 1.82) is 0 Å². The highest BCUT2D eigenvalue weighted by Crippen LogP contribution is 2.18. The molecule has 1 aliphatic heterocycles. The summed E-state index contributed by atoms with van der Waals surface area (Å²) in [5.41, 5.74) is 5.70. The maximum Gasteiger partial charge on any atom is 0.243 e. The van der Waals surface area contributed by atoms with Crippen molar-refractivity contribution < 1.29 is 22.3 Å². The van der Waals surface area contributed by atoms with Gasteiger partial charge in [0.15, 0.2) is 0 Å². The summed E-state index contributed by atoms with van der Waals surface area (Å²) in [6, 6.07) is 3.93. The molecule has 0 radical (unpaired) electrons. The van der Waals surface area contributed by atoms with Crippen LogP contribution in [0.1, 0.15) is 0 Å². The molecule has 0 spiro atoms. The van der Waals surface area contributed by atoms with Gasteiger partial charge in [0.25, 0.3) is 0 Å². The number of methoxy groups -OCH3 is 1. The number of amides is 1. The minimum atomic E-state index is -3.69. The minimum Gasteiger partial charge on any atom is -0.383 e. The van der Waals surface area contributed by atoms with Crippen LogP contribution in [0.25, 0.3) is 0 Å². The van der Waals surface area contributed by atoms with Crippen molar-refractivity contribution in [3.63, 3.8) is 0 Å². The lowest BCUT2D eigenvalue weighted by Gasteiger charge is -2.35. The lowest BCUT2D eigenvalue weighted by atomic mass is 10.2. The molecule has 0 aliphatic carbocycles. The smallest absolute Gasteiger partial charge is 0.243 e. The summed E-state index contributed by atoms with van der Waals surface area (Å²) in [5, 5.41) is 0. The van der Waals surface area contributed by atoms with Gasteiger partial charge in [-0.05, 0) is 24.3 Å². The van der Waals surface area contributed by atoms with Crippen molar-refractivity contribution in [1.82, 2.24) is 9.21 Å². The van der Waals surface area contributed by atoms with Gasteiger partial charge in [-0.2, -0.15) is 4.31 Å². The normalized spacial score (nSPS) is 18.0. The molecule has 23 heavy (non-hydrogen) atoms. The summed E-state index contributed by atoms with van der Waals surface area (Å²) in [7, 11) is -2.23. The van der Waals surface area contributed by atoms with E-state index in [1.165, 1.54) is 28.4 Å². The molecule has 0 aromatic heterocycles. The van der Waals surface area contributed by atoms with E-state index in [1.807, 2.05) is 0 Å². The lowest BCUT2D eigenvalue weighted by molar-refractivity contribution is -0.134. The topological polar surface area (TPSA) is 92.9 Å². The fourth-order valence-corrected chi connectivity index (χ4v) is 3.81. The molecule has 1 aromatic rings. The van der Waals surface area contributed by atoms with E-state index < -0.39 is 21.9 Å². The molecule has 1 fully saturated rings. The fraction of sp³-hybridized carbons (Fsp3) is 0.500. The Morgan fingerprint density at radius 3 is 2.35 bits per heavy atom. The molecule has 2 N–H and O–H groups in total. The quantitative estimate of drug-likeness (QED) is 0.786. The summed E-state index contributed by atoms with van der Waals surface area (Å²) < 4.78 is 44.0. The second-order valence-electron chi connectivity index (χ2n) is 5.25. The van der Waals surface area contributed by atoms with Crippen LogP contribution >= 0.6 is 0 Å². The number of carbonyl (C=O) groups excluding carboxylic acids is 1. The molecule has 0 saturated carbocycles. The highest BCUT2D eigenvalue weighted by Gasteiger charge is 2.31. The lowest BCUT2D eigenvalue weighted by Crippen LogP contribution is -2.55. The Morgan fingerprint density at radius 2 is 1.83 bits per heavy atom. The highest BCUT2D eigenvalue weighted by atomic mass is 32.2. The third-order valence-corrected chi connectivity index (χ3v) is 5.58. The number of ether oxygens (including phenoxy) is 1. The Hall–Kier alpha value is -1.55. The van der Waals surface area contributed by atoms with Crippen molar-refractivity contribution in [2.75, 3.05) is 39.9 Å². The van der Waals surface area contributed by atoms with Crippen LogP contribution in [0.2, 0.25) is 0 Å². The molecule has 2 rings (SSSR count). The van der Waals surface area contributed by atoms with Gasteiger partial charge in [0.2, 0.25) is 15.9 Å². The van der Waals surface area contributed by atoms with E-state index in [0.29, 0.717) is 0 Å². The second-order valence-corrected chi connectivity index (χ2v) is 7.18. The molecule has 7 nitrogen and oxygen atoms in total. The molecular weight excluding hydrogens is 325 g/mol. The summed E-state index contributed by atoms with van der Waals surface area (Å²) in [6.45, 7) is 0.983. The molecule has 9 heteroatoms. The summed E-state index contributed by atoms with van der Waals surface area (Å²) in [6.07, 6.45) is 0. The average Bonchev–Trinajstić information content (AvgIpc) is 2.55.